The molecule has 1 fully saturated rings. The molecule has 1 aliphatic heterocycles. The highest BCUT2D eigenvalue weighted by Crippen LogP contribution is 2.31. The predicted octanol–water partition coefficient (Wildman–Crippen LogP) is 1.79. The number of amides is 2. The molecular formula is C18H25N3O4S. The molecule has 0 atom stereocenters. The Morgan fingerprint density at radius 2 is 1.81 bits per heavy atom. The number of fused-ring (bicyclic) bond motifs is 1. The molecule has 0 spiro atoms. The van der Waals surface area contributed by atoms with Crippen molar-refractivity contribution >= 4 is 33.2 Å². The maximum absolute atomic E-state index is 12.2. The van der Waals surface area contributed by atoms with E-state index in [-0.39, 0.29) is 6.04 Å². The Morgan fingerprint density at radius 3 is 2.50 bits per heavy atom. The first kappa shape index (κ1) is 18.7. The summed E-state index contributed by atoms with van der Waals surface area (Å²) in [5.74, 6) is -1.37. The minimum atomic E-state index is -3.38. The minimum Gasteiger partial charge on any atom is -0.345 e. The average Bonchev–Trinajstić information content (AvgIpc) is 2.61. The molecule has 0 bridgehead atoms. The first-order valence-electron chi connectivity index (χ1n) is 9.07. The first-order chi connectivity index (χ1) is 12.3. The lowest BCUT2D eigenvalue weighted by Gasteiger charge is -2.29. The van der Waals surface area contributed by atoms with Crippen LogP contribution in [0.4, 0.5) is 11.4 Å². The topological polar surface area (TPSA) is 95.6 Å². The highest BCUT2D eigenvalue weighted by Gasteiger charge is 2.25. The van der Waals surface area contributed by atoms with Crippen molar-refractivity contribution in [3.8, 4) is 0 Å². The zero-order valence-corrected chi connectivity index (χ0v) is 15.8. The fourth-order valence-corrected chi connectivity index (χ4v) is 4.64. The molecule has 2 aliphatic rings. The zero-order valence-electron chi connectivity index (χ0n) is 15.0. The number of sulfonamides is 1. The van der Waals surface area contributed by atoms with E-state index < -0.39 is 21.8 Å². The second-order valence-corrected chi connectivity index (χ2v) is 8.95. The van der Waals surface area contributed by atoms with Crippen LogP contribution < -0.4 is 14.9 Å². The van der Waals surface area contributed by atoms with E-state index in [1.54, 1.807) is 18.2 Å². The molecule has 2 N–H and O–H groups in total. The molecule has 1 aromatic rings. The smallest absolute Gasteiger partial charge is 0.313 e. The number of hydrogen-bond donors (Lipinski definition) is 2. The molecule has 0 radical (unpaired) electrons. The Kier molecular flexibility index (Phi) is 5.50. The van der Waals surface area contributed by atoms with E-state index in [2.05, 4.69) is 10.6 Å². The largest absolute Gasteiger partial charge is 0.345 e. The zero-order chi connectivity index (χ0) is 18.7. The molecule has 0 aromatic heterocycles. The average molecular weight is 379 g/mol. The van der Waals surface area contributed by atoms with Crippen molar-refractivity contribution in [1.29, 1.82) is 0 Å². The van der Waals surface area contributed by atoms with Gasteiger partial charge in [-0.25, -0.2) is 8.42 Å². The molecule has 142 valence electrons. The summed E-state index contributed by atoms with van der Waals surface area (Å²) in [6.07, 6.45) is 7.84. The Morgan fingerprint density at radius 1 is 1.08 bits per heavy atom. The van der Waals surface area contributed by atoms with Gasteiger partial charge in [0.15, 0.2) is 0 Å². The van der Waals surface area contributed by atoms with E-state index in [1.807, 2.05) is 0 Å². The molecular weight excluding hydrogens is 354 g/mol. The van der Waals surface area contributed by atoms with Crippen molar-refractivity contribution in [2.45, 2.75) is 51.0 Å². The van der Waals surface area contributed by atoms with Gasteiger partial charge in [0.1, 0.15) is 0 Å². The number of hydrogen-bond acceptors (Lipinski definition) is 4. The second-order valence-electron chi connectivity index (χ2n) is 7.04. The number of nitrogens with one attached hydrogen (secondary N) is 2. The van der Waals surface area contributed by atoms with E-state index in [1.165, 1.54) is 17.0 Å². The van der Waals surface area contributed by atoms with Gasteiger partial charge in [0, 0.05) is 18.3 Å². The maximum atomic E-state index is 12.2. The third-order valence-corrected chi connectivity index (χ3v) is 6.15. The van der Waals surface area contributed by atoms with Crippen LogP contribution in [0.3, 0.4) is 0 Å². The molecule has 1 heterocycles. The molecule has 0 saturated heterocycles. The van der Waals surface area contributed by atoms with Gasteiger partial charge in [-0.2, -0.15) is 0 Å². The number of carbonyl (C=O) groups is 2. The highest BCUT2D eigenvalue weighted by atomic mass is 32.2. The fraction of sp³-hybridized carbons (Fsp3) is 0.556. The molecule has 1 aliphatic carbocycles. The van der Waals surface area contributed by atoms with Crippen LogP contribution in [0.5, 0.6) is 0 Å². The van der Waals surface area contributed by atoms with Gasteiger partial charge in [-0.05, 0) is 43.4 Å². The Balaban J connectivity index is 1.70. The molecule has 2 amide bonds. The molecule has 3 rings (SSSR count). The number of rotatable bonds is 3. The molecule has 1 saturated carbocycles. The van der Waals surface area contributed by atoms with Gasteiger partial charge in [0.05, 0.1) is 11.9 Å². The fourth-order valence-electron chi connectivity index (χ4n) is 3.65. The van der Waals surface area contributed by atoms with Gasteiger partial charge in [-0.1, -0.05) is 25.3 Å². The summed E-state index contributed by atoms with van der Waals surface area (Å²) < 4.78 is 25.3. The number of nitrogens with zero attached hydrogens (tertiary/aromatic N) is 1. The standard InChI is InChI=1S/C18H25N3O4S/c1-26(24,25)21-11-5-6-13-9-10-15(12-16(13)21)20-18(23)17(22)19-14-7-3-2-4-8-14/h9-10,12,14H,2-8,11H2,1H3,(H,19,22)(H,20,23). The number of anilines is 2. The summed E-state index contributed by atoms with van der Waals surface area (Å²) in [6, 6.07) is 5.20. The SMILES string of the molecule is CS(=O)(=O)N1CCCc2ccc(NC(=O)C(=O)NC3CCCCC3)cc21. The lowest BCUT2D eigenvalue weighted by molar-refractivity contribution is -0.136. The lowest BCUT2D eigenvalue weighted by Crippen LogP contribution is -2.42. The van der Waals surface area contributed by atoms with Crippen LogP contribution in [0.25, 0.3) is 0 Å². The Hall–Kier alpha value is -2.09. The third-order valence-electron chi connectivity index (χ3n) is 4.97. The van der Waals surface area contributed by atoms with Crippen LogP contribution in [0.2, 0.25) is 0 Å². The summed E-state index contributed by atoms with van der Waals surface area (Å²) in [5.41, 5.74) is 1.92. The summed E-state index contributed by atoms with van der Waals surface area (Å²) in [6.45, 7) is 0.422. The predicted molar refractivity (Wildman–Crippen MR) is 101 cm³/mol. The number of benzene rings is 1. The summed E-state index contributed by atoms with van der Waals surface area (Å²) in [5, 5.41) is 5.36. The Labute approximate surface area is 154 Å². The van der Waals surface area contributed by atoms with Gasteiger partial charge >= 0.3 is 11.8 Å². The van der Waals surface area contributed by atoms with E-state index in [4.69, 9.17) is 0 Å². The third kappa shape index (κ3) is 4.35. The second kappa shape index (κ2) is 7.65. The van der Waals surface area contributed by atoms with Crippen molar-refractivity contribution in [3.63, 3.8) is 0 Å². The van der Waals surface area contributed by atoms with Crippen molar-refractivity contribution in [2.24, 2.45) is 0 Å². The summed E-state index contributed by atoms with van der Waals surface area (Å²) in [4.78, 5) is 24.3. The normalized spacial score (nSPS) is 18.1. The van der Waals surface area contributed by atoms with E-state index >= 15 is 0 Å². The van der Waals surface area contributed by atoms with Crippen molar-refractivity contribution in [1.82, 2.24) is 5.32 Å². The lowest BCUT2D eigenvalue weighted by atomic mass is 9.95. The maximum Gasteiger partial charge on any atom is 0.313 e. The molecule has 1 aromatic carbocycles. The van der Waals surface area contributed by atoms with Gasteiger partial charge in [-0.3, -0.25) is 13.9 Å². The van der Waals surface area contributed by atoms with E-state index in [9.17, 15) is 18.0 Å². The van der Waals surface area contributed by atoms with Crippen LogP contribution in [0.1, 0.15) is 44.1 Å². The number of aryl methyl sites for hydroxylation is 1. The van der Waals surface area contributed by atoms with E-state index in [0.29, 0.717) is 17.9 Å². The summed E-state index contributed by atoms with van der Waals surface area (Å²) >= 11 is 0. The van der Waals surface area contributed by atoms with Crippen LogP contribution in [0.15, 0.2) is 18.2 Å². The van der Waals surface area contributed by atoms with Crippen LogP contribution in [0, 0.1) is 0 Å². The van der Waals surface area contributed by atoms with E-state index in [0.717, 1.165) is 44.1 Å². The molecule has 8 heteroatoms. The first-order valence-corrected chi connectivity index (χ1v) is 10.9. The quantitative estimate of drug-likeness (QED) is 0.783. The van der Waals surface area contributed by atoms with Crippen LogP contribution >= 0.6 is 0 Å². The highest BCUT2D eigenvalue weighted by molar-refractivity contribution is 7.92. The molecule has 26 heavy (non-hydrogen) atoms. The van der Waals surface area contributed by atoms with Crippen molar-refractivity contribution < 1.29 is 18.0 Å². The summed E-state index contributed by atoms with van der Waals surface area (Å²) in [7, 11) is -3.38. The van der Waals surface area contributed by atoms with Crippen LogP contribution in [-0.2, 0) is 26.0 Å². The molecule has 0 unspecified atom stereocenters. The van der Waals surface area contributed by atoms with Gasteiger partial charge in [0.2, 0.25) is 10.0 Å². The van der Waals surface area contributed by atoms with Gasteiger partial charge in [-0.15, -0.1) is 0 Å². The van der Waals surface area contributed by atoms with Gasteiger partial charge in [0.25, 0.3) is 0 Å². The molecule has 7 nitrogen and oxygen atoms in total. The van der Waals surface area contributed by atoms with Crippen LogP contribution in [-0.4, -0.2) is 39.1 Å². The Bertz CT molecular complexity index is 801. The van der Waals surface area contributed by atoms with Crippen molar-refractivity contribution in [3.05, 3.63) is 23.8 Å². The monoisotopic (exact) mass is 379 g/mol. The minimum absolute atomic E-state index is 0.0614. The van der Waals surface area contributed by atoms with Crippen molar-refractivity contribution in [2.75, 3.05) is 22.4 Å². The van der Waals surface area contributed by atoms with Gasteiger partial charge < -0.3 is 10.6 Å². The number of carbonyl (C=O) groups excluding carboxylic acids is 2.